The molecule has 0 spiro atoms. The normalized spacial score (nSPS) is 15.2. The van der Waals surface area contributed by atoms with Gasteiger partial charge in [0.2, 0.25) is 5.91 Å². The van der Waals surface area contributed by atoms with Crippen molar-refractivity contribution in [1.29, 1.82) is 0 Å². The molecular formula is C7H13NO4. The predicted molar refractivity (Wildman–Crippen MR) is 41.2 cm³/mol. The molecule has 0 fully saturated rings. The van der Waals surface area contributed by atoms with Crippen LogP contribution in [0, 0.1) is 5.92 Å². The second kappa shape index (κ2) is 4.71. The summed E-state index contributed by atoms with van der Waals surface area (Å²) in [4.78, 5) is 20.8. The first-order chi connectivity index (χ1) is 5.49. The van der Waals surface area contributed by atoms with Crippen molar-refractivity contribution in [2.75, 3.05) is 0 Å². The number of carboxylic acid groups (broad SMARTS) is 1. The van der Waals surface area contributed by atoms with E-state index in [1.165, 1.54) is 0 Å². The Morgan fingerprint density at radius 3 is 2.25 bits per heavy atom. The van der Waals surface area contributed by atoms with E-state index in [0.717, 1.165) is 0 Å². The average Bonchev–Trinajstić information content (AvgIpc) is 1.85. The number of aliphatic carboxylic acids is 1. The zero-order chi connectivity index (χ0) is 9.72. The maximum Gasteiger partial charge on any atom is 0.309 e. The van der Waals surface area contributed by atoms with Gasteiger partial charge in [-0.3, -0.25) is 9.59 Å². The third-order valence-electron chi connectivity index (χ3n) is 1.63. The average molecular weight is 175 g/mol. The van der Waals surface area contributed by atoms with Crippen molar-refractivity contribution in [3.05, 3.63) is 0 Å². The van der Waals surface area contributed by atoms with Crippen LogP contribution in [0.3, 0.4) is 0 Å². The van der Waals surface area contributed by atoms with Crippen LogP contribution in [-0.4, -0.2) is 28.2 Å². The van der Waals surface area contributed by atoms with Gasteiger partial charge in [0.1, 0.15) is 0 Å². The van der Waals surface area contributed by atoms with E-state index in [9.17, 15) is 9.59 Å². The van der Waals surface area contributed by atoms with Crippen molar-refractivity contribution in [2.24, 2.45) is 11.7 Å². The van der Waals surface area contributed by atoms with E-state index < -0.39 is 23.9 Å². The van der Waals surface area contributed by atoms with Crippen molar-refractivity contribution in [2.45, 2.75) is 25.9 Å². The summed E-state index contributed by atoms with van der Waals surface area (Å²) in [6, 6.07) is 0. The van der Waals surface area contributed by atoms with Gasteiger partial charge in [-0.25, -0.2) is 0 Å². The molecule has 12 heavy (non-hydrogen) atoms. The summed E-state index contributed by atoms with van der Waals surface area (Å²) in [6.45, 7) is 1.63. The van der Waals surface area contributed by atoms with Gasteiger partial charge in [-0.1, -0.05) is 6.92 Å². The lowest BCUT2D eigenvalue weighted by molar-refractivity contribution is -0.146. The number of carbonyl (C=O) groups is 2. The highest BCUT2D eigenvalue weighted by molar-refractivity contribution is 5.76. The van der Waals surface area contributed by atoms with Crippen molar-refractivity contribution in [1.82, 2.24) is 0 Å². The maximum absolute atomic E-state index is 10.4. The molecule has 0 bridgehead atoms. The Balaban J connectivity index is 4.11. The fourth-order valence-electron chi connectivity index (χ4n) is 0.960. The number of primary amides is 1. The van der Waals surface area contributed by atoms with Crippen LogP contribution in [0.25, 0.3) is 0 Å². The number of nitrogens with two attached hydrogens (primary N) is 1. The van der Waals surface area contributed by atoms with E-state index in [4.69, 9.17) is 15.9 Å². The number of amides is 1. The monoisotopic (exact) mass is 175 g/mol. The number of aliphatic hydroxyl groups excluding tert-OH is 1. The molecular weight excluding hydrogens is 162 g/mol. The number of hydrogen-bond donors (Lipinski definition) is 3. The van der Waals surface area contributed by atoms with Gasteiger partial charge in [-0.15, -0.1) is 0 Å². The second-order valence-electron chi connectivity index (χ2n) is 2.59. The number of hydrogen-bond acceptors (Lipinski definition) is 3. The standard InChI is InChI=1S/C7H13NO4/c1-2-4(7(11)12)5(9)3-6(8)10/h4-5,9H,2-3H2,1H3,(H2,8,10)(H,11,12)/t4-,5-/m1/s1. The van der Waals surface area contributed by atoms with Crippen molar-refractivity contribution >= 4 is 11.9 Å². The Kier molecular flexibility index (Phi) is 4.28. The summed E-state index contributed by atoms with van der Waals surface area (Å²) in [7, 11) is 0. The summed E-state index contributed by atoms with van der Waals surface area (Å²) in [5, 5.41) is 17.7. The van der Waals surface area contributed by atoms with E-state index in [0.29, 0.717) is 0 Å². The van der Waals surface area contributed by atoms with Crippen LogP contribution in [0.4, 0.5) is 0 Å². The summed E-state index contributed by atoms with van der Waals surface area (Å²) < 4.78 is 0. The minimum Gasteiger partial charge on any atom is -0.481 e. The van der Waals surface area contributed by atoms with Gasteiger partial charge in [0.05, 0.1) is 18.4 Å². The van der Waals surface area contributed by atoms with Crippen molar-refractivity contribution in [3.63, 3.8) is 0 Å². The zero-order valence-electron chi connectivity index (χ0n) is 6.86. The number of rotatable bonds is 5. The molecule has 0 saturated heterocycles. The van der Waals surface area contributed by atoms with Crippen LogP contribution in [-0.2, 0) is 9.59 Å². The van der Waals surface area contributed by atoms with Crippen LogP contribution in [0.15, 0.2) is 0 Å². The lowest BCUT2D eigenvalue weighted by Gasteiger charge is -2.15. The highest BCUT2D eigenvalue weighted by Crippen LogP contribution is 2.11. The molecule has 0 heterocycles. The van der Waals surface area contributed by atoms with Crippen LogP contribution in [0.5, 0.6) is 0 Å². The Bertz CT molecular complexity index is 180. The largest absolute Gasteiger partial charge is 0.481 e. The molecule has 5 heteroatoms. The number of carboxylic acids is 1. The summed E-state index contributed by atoms with van der Waals surface area (Å²) in [5.41, 5.74) is 4.79. The molecule has 0 aliphatic heterocycles. The van der Waals surface area contributed by atoms with Gasteiger partial charge in [-0.2, -0.15) is 0 Å². The lowest BCUT2D eigenvalue weighted by atomic mass is 9.97. The highest BCUT2D eigenvalue weighted by Gasteiger charge is 2.25. The van der Waals surface area contributed by atoms with E-state index in [1.54, 1.807) is 6.92 Å². The Hall–Kier alpha value is -1.10. The third kappa shape index (κ3) is 3.34. The molecule has 0 radical (unpaired) electrons. The fourth-order valence-corrected chi connectivity index (χ4v) is 0.960. The zero-order valence-corrected chi connectivity index (χ0v) is 6.86. The van der Waals surface area contributed by atoms with Gasteiger partial charge in [0, 0.05) is 0 Å². The molecule has 0 aliphatic rings. The third-order valence-corrected chi connectivity index (χ3v) is 1.63. The smallest absolute Gasteiger partial charge is 0.309 e. The van der Waals surface area contributed by atoms with E-state index in [2.05, 4.69) is 0 Å². The Labute approximate surface area is 70.2 Å². The van der Waals surface area contributed by atoms with E-state index >= 15 is 0 Å². The molecule has 0 rings (SSSR count). The summed E-state index contributed by atoms with van der Waals surface area (Å²) in [5.74, 6) is -2.70. The molecule has 1 amide bonds. The fraction of sp³-hybridized carbons (Fsp3) is 0.714. The highest BCUT2D eigenvalue weighted by atomic mass is 16.4. The van der Waals surface area contributed by atoms with Gasteiger partial charge in [0.15, 0.2) is 0 Å². The molecule has 4 N–H and O–H groups in total. The predicted octanol–water partition coefficient (Wildman–Crippen LogP) is -0.667. The summed E-state index contributed by atoms with van der Waals surface area (Å²) in [6.07, 6.45) is -1.20. The van der Waals surface area contributed by atoms with Crippen LogP contribution in [0.2, 0.25) is 0 Å². The van der Waals surface area contributed by atoms with Crippen LogP contribution in [0.1, 0.15) is 19.8 Å². The molecule has 2 atom stereocenters. The molecule has 5 nitrogen and oxygen atoms in total. The SMILES string of the molecule is CC[C@@H](C(=O)O)[C@H](O)CC(N)=O. The molecule has 0 aromatic heterocycles. The van der Waals surface area contributed by atoms with E-state index in [-0.39, 0.29) is 12.8 Å². The number of carbonyl (C=O) groups excluding carboxylic acids is 1. The first kappa shape index (κ1) is 10.9. The number of aliphatic hydroxyl groups is 1. The van der Waals surface area contributed by atoms with E-state index in [1.807, 2.05) is 0 Å². The van der Waals surface area contributed by atoms with Crippen molar-refractivity contribution in [3.8, 4) is 0 Å². The maximum atomic E-state index is 10.4. The molecule has 0 saturated carbocycles. The van der Waals surface area contributed by atoms with Crippen molar-refractivity contribution < 1.29 is 19.8 Å². The second-order valence-corrected chi connectivity index (χ2v) is 2.59. The van der Waals surface area contributed by atoms with Gasteiger partial charge >= 0.3 is 5.97 Å². The molecule has 0 aliphatic carbocycles. The van der Waals surface area contributed by atoms with Crippen LogP contribution >= 0.6 is 0 Å². The molecule has 0 aromatic carbocycles. The summed E-state index contributed by atoms with van der Waals surface area (Å²) >= 11 is 0. The molecule has 0 unspecified atom stereocenters. The minimum absolute atomic E-state index is 0.282. The topological polar surface area (TPSA) is 101 Å². The minimum atomic E-state index is -1.18. The molecule has 70 valence electrons. The molecule has 0 aromatic rings. The Morgan fingerprint density at radius 1 is 1.50 bits per heavy atom. The van der Waals surface area contributed by atoms with Gasteiger partial charge in [0.25, 0.3) is 0 Å². The quantitative estimate of drug-likeness (QED) is 0.516. The first-order valence-electron chi connectivity index (χ1n) is 3.68. The van der Waals surface area contributed by atoms with Gasteiger partial charge < -0.3 is 15.9 Å². The first-order valence-corrected chi connectivity index (χ1v) is 3.68. The van der Waals surface area contributed by atoms with Crippen LogP contribution < -0.4 is 5.73 Å². The Morgan fingerprint density at radius 2 is 2.00 bits per heavy atom. The lowest BCUT2D eigenvalue weighted by Crippen LogP contribution is -2.31. The van der Waals surface area contributed by atoms with Gasteiger partial charge in [-0.05, 0) is 6.42 Å².